The quantitative estimate of drug-likeness (QED) is 0.270. The summed E-state index contributed by atoms with van der Waals surface area (Å²) in [5, 5.41) is 0.902. The summed E-state index contributed by atoms with van der Waals surface area (Å²) in [6, 6.07) is 21.2. The van der Waals surface area contributed by atoms with Crippen molar-refractivity contribution < 1.29 is 19.1 Å². The van der Waals surface area contributed by atoms with Gasteiger partial charge < -0.3 is 24.2 Å². The van der Waals surface area contributed by atoms with E-state index >= 15 is 0 Å². The van der Waals surface area contributed by atoms with Crippen LogP contribution in [0.15, 0.2) is 66.7 Å². The van der Waals surface area contributed by atoms with Crippen molar-refractivity contribution in [2.45, 2.75) is 6.04 Å². The molecule has 1 atom stereocenters. The van der Waals surface area contributed by atoms with Crippen LogP contribution >= 0.6 is 23.2 Å². The number of amides is 2. The van der Waals surface area contributed by atoms with E-state index in [1.54, 1.807) is 38.2 Å². The minimum Gasteiger partial charge on any atom is -0.383 e. The van der Waals surface area contributed by atoms with Gasteiger partial charge in [0.05, 0.1) is 42.5 Å². The zero-order valence-electron chi connectivity index (χ0n) is 25.3. The van der Waals surface area contributed by atoms with Gasteiger partial charge in [0.1, 0.15) is 0 Å². The van der Waals surface area contributed by atoms with Gasteiger partial charge >= 0.3 is 0 Å². The van der Waals surface area contributed by atoms with Crippen molar-refractivity contribution in [2.75, 3.05) is 85.7 Å². The van der Waals surface area contributed by atoms with Gasteiger partial charge in [-0.3, -0.25) is 14.5 Å². The largest absolute Gasteiger partial charge is 0.383 e. The first-order chi connectivity index (χ1) is 20.7. The highest BCUT2D eigenvalue weighted by molar-refractivity contribution is 6.42. The molecule has 0 radical (unpaired) electrons. The maximum Gasteiger partial charge on any atom is 0.253 e. The fraction of sp³-hybridized carbons (Fsp3) is 0.394. The molecule has 1 saturated heterocycles. The van der Waals surface area contributed by atoms with E-state index in [1.165, 1.54) is 0 Å². The molecule has 0 aromatic heterocycles. The number of hydrogen-bond acceptors (Lipinski definition) is 6. The molecule has 43 heavy (non-hydrogen) atoms. The molecule has 0 saturated carbocycles. The molecule has 4 rings (SSSR count). The minimum atomic E-state index is -0.169. The van der Waals surface area contributed by atoms with Gasteiger partial charge in [-0.15, -0.1) is 0 Å². The van der Waals surface area contributed by atoms with Crippen LogP contribution in [0.4, 0.5) is 5.69 Å². The Balaban J connectivity index is 1.56. The molecule has 1 unspecified atom stereocenters. The second kappa shape index (κ2) is 15.5. The summed E-state index contributed by atoms with van der Waals surface area (Å²) in [5.41, 5.74) is 4.56. The molecule has 0 N–H and O–H groups in total. The van der Waals surface area contributed by atoms with Gasteiger partial charge in [0.2, 0.25) is 5.91 Å². The summed E-state index contributed by atoms with van der Waals surface area (Å²) in [4.78, 5) is 33.8. The van der Waals surface area contributed by atoms with E-state index in [4.69, 9.17) is 32.7 Å². The molecule has 2 amide bonds. The van der Waals surface area contributed by atoms with Gasteiger partial charge in [0, 0.05) is 65.7 Å². The number of nitrogens with zero attached hydrogens (tertiary/aromatic N) is 4. The standard InChI is InChI=1S/C33H40Cl2N4O4/c1-36(2)33(41)27-11-7-25(8-12-27)24-5-9-26(10-6-24)31(22-38-15-19-43-20-16-38)37(3)32(40)23-39(17-18-42-4)28-13-14-29(34)30(35)21-28/h5-14,21,31H,15-20,22-23H2,1-4H3. The number of morpholine rings is 1. The Bertz CT molecular complexity index is 1360. The molecule has 0 bridgehead atoms. The lowest BCUT2D eigenvalue weighted by molar-refractivity contribution is -0.131. The van der Waals surface area contributed by atoms with Crippen LogP contribution in [-0.2, 0) is 14.3 Å². The number of carbonyl (C=O) groups excluding carboxylic acids is 2. The number of rotatable bonds is 12. The number of benzene rings is 3. The van der Waals surface area contributed by atoms with Crippen molar-refractivity contribution in [3.05, 3.63) is 87.9 Å². The van der Waals surface area contributed by atoms with Gasteiger partial charge in [-0.1, -0.05) is 59.6 Å². The lowest BCUT2D eigenvalue weighted by atomic mass is 9.98. The van der Waals surface area contributed by atoms with Crippen LogP contribution in [0.1, 0.15) is 22.0 Å². The second-order valence-electron chi connectivity index (χ2n) is 10.8. The van der Waals surface area contributed by atoms with E-state index in [9.17, 15) is 9.59 Å². The van der Waals surface area contributed by atoms with Gasteiger partial charge in [-0.25, -0.2) is 0 Å². The Morgan fingerprint density at radius 2 is 1.53 bits per heavy atom. The maximum atomic E-state index is 13.8. The predicted octanol–water partition coefficient (Wildman–Crippen LogP) is 5.35. The molecule has 8 nitrogen and oxygen atoms in total. The first-order valence-electron chi connectivity index (χ1n) is 14.3. The van der Waals surface area contributed by atoms with Crippen LogP contribution in [0, 0.1) is 0 Å². The fourth-order valence-electron chi connectivity index (χ4n) is 5.07. The average Bonchev–Trinajstić information content (AvgIpc) is 3.03. The van der Waals surface area contributed by atoms with Crippen LogP contribution in [0.5, 0.6) is 0 Å². The molecule has 10 heteroatoms. The normalized spacial score (nSPS) is 14.3. The van der Waals surface area contributed by atoms with Crippen molar-refractivity contribution in [1.29, 1.82) is 0 Å². The first-order valence-corrected chi connectivity index (χ1v) is 15.1. The highest BCUT2D eigenvalue weighted by Gasteiger charge is 2.27. The molecule has 1 aliphatic rings. The average molecular weight is 628 g/mol. The molecule has 1 heterocycles. The van der Waals surface area contributed by atoms with Crippen molar-refractivity contribution in [1.82, 2.24) is 14.7 Å². The Morgan fingerprint density at radius 3 is 2.12 bits per heavy atom. The number of hydrogen-bond donors (Lipinski definition) is 0. The van der Waals surface area contributed by atoms with Gasteiger partial charge in [0.15, 0.2) is 0 Å². The van der Waals surface area contributed by atoms with Gasteiger partial charge in [0.25, 0.3) is 5.91 Å². The summed E-state index contributed by atoms with van der Waals surface area (Å²) in [5.74, 6) is -0.0499. The Labute approximate surface area is 264 Å². The second-order valence-corrected chi connectivity index (χ2v) is 11.7. The number of halogens is 2. The lowest BCUT2D eigenvalue weighted by Crippen LogP contribution is -2.46. The van der Waals surface area contributed by atoms with Crippen LogP contribution in [0.3, 0.4) is 0 Å². The van der Waals surface area contributed by atoms with Crippen molar-refractivity contribution >= 4 is 40.7 Å². The number of likely N-dealkylation sites (N-methyl/N-ethyl adjacent to an activating group) is 1. The zero-order valence-corrected chi connectivity index (χ0v) is 26.8. The smallest absolute Gasteiger partial charge is 0.253 e. The van der Waals surface area contributed by atoms with Gasteiger partial charge in [-0.2, -0.15) is 0 Å². The molecule has 1 aliphatic heterocycles. The van der Waals surface area contributed by atoms with Crippen LogP contribution in [0.2, 0.25) is 10.0 Å². The summed E-state index contributed by atoms with van der Waals surface area (Å²) in [6.07, 6.45) is 0. The van der Waals surface area contributed by atoms with Crippen LogP contribution < -0.4 is 4.90 Å². The maximum absolute atomic E-state index is 13.8. The molecule has 230 valence electrons. The van der Waals surface area contributed by atoms with E-state index in [0.29, 0.717) is 48.5 Å². The summed E-state index contributed by atoms with van der Waals surface area (Å²) in [7, 11) is 6.99. The van der Waals surface area contributed by atoms with Crippen molar-refractivity contribution in [2.24, 2.45) is 0 Å². The van der Waals surface area contributed by atoms with E-state index in [2.05, 4.69) is 29.2 Å². The summed E-state index contributed by atoms with van der Waals surface area (Å²) in [6.45, 7) is 4.83. The van der Waals surface area contributed by atoms with E-state index in [0.717, 1.165) is 35.5 Å². The zero-order chi connectivity index (χ0) is 30.9. The number of methoxy groups -OCH3 is 1. The number of anilines is 1. The molecule has 1 fully saturated rings. The van der Waals surface area contributed by atoms with Crippen LogP contribution in [0.25, 0.3) is 11.1 Å². The van der Waals surface area contributed by atoms with Gasteiger partial charge in [-0.05, 0) is 47.0 Å². The number of carbonyl (C=O) groups is 2. The monoisotopic (exact) mass is 626 g/mol. The Morgan fingerprint density at radius 1 is 0.907 bits per heavy atom. The summed E-state index contributed by atoms with van der Waals surface area (Å²) >= 11 is 12.5. The molecule has 0 aliphatic carbocycles. The molecule has 3 aromatic carbocycles. The SMILES string of the molecule is COCCN(CC(=O)N(C)C(CN1CCOCC1)c1ccc(-c2ccc(C(=O)N(C)C)cc2)cc1)c1ccc(Cl)c(Cl)c1. The molecule has 0 spiro atoms. The van der Waals surface area contributed by atoms with E-state index in [1.807, 2.05) is 47.2 Å². The van der Waals surface area contributed by atoms with Crippen molar-refractivity contribution in [3.63, 3.8) is 0 Å². The highest BCUT2D eigenvalue weighted by Crippen LogP contribution is 2.29. The molecular formula is C33H40Cl2N4O4. The Hall–Kier alpha value is -3.14. The lowest BCUT2D eigenvalue weighted by Gasteiger charge is -2.36. The molecule has 3 aromatic rings. The fourth-order valence-corrected chi connectivity index (χ4v) is 5.36. The Kier molecular flexibility index (Phi) is 11.8. The number of ether oxygens (including phenoxy) is 2. The first kappa shape index (κ1) is 32.8. The third-order valence-electron chi connectivity index (χ3n) is 7.72. The molecular weight excluding hydrogens is 587 g/mol. The minimum absolute atomic E-state index is 0.0225. The van der Waals surface area contributed by atoms with Crippen LogP contribution in [-0.4, -0.2) is 107 Å². The highest BCUT2D eigenvalue weighted by atomic mass is 35.5. The topological polar surface area (TPSA) is 65.6 Å². The summed E-state index contributed by atoms with van der Waals surface area (Å²) < 4.78 is 10.9. The third-order valence-corrected chi connectivity index (χ3v) is 8.46. The van der Waals surface area contributed by atoms with E-state index in [-0.39, 0.29) is 24.4 Å². The third kappa shape index (κ3) is 8.71. The van der Waals surface area contributed by atoms with E-state index < -0.39 is 0 Å². The van der Waals surface area contributed by atoms with Crippen molar-refractivity contribution in [3.8, 4) is 11.1 Å². The predicted molar refractivity (Wildman–Crippen MR) is 173 cm³/mol.